The van der Waals surface area contributed by atoms with E-state index in [-0.39, 0.29) is 21.1 Å². The lowest BCUT2D eigenvalue weighted by Gasteiger charge is -2.63. The molecule has 9 saturated heterocycles. The van der Waals surface area contributed by atoms with Crippen LogP contribution in [0.5, 0.6) is 0 Å². The van der Waals surface area contributed by atoms with Gasteiger partial charge in [-0.1, -0.05) is 166 Å². The molecule has 764 valence electrons. The van der Waals surface area contributed by atoms with Gasteiger partial charge in [0.2, 0.25) is 0 Å². The van der Waals surface area contributed by atoms with Crippen LogP contribution in [0.4, 0.5) is 0 Å². The van der Waals surface area contributed by atoms with E-state index in [1.54, 1.807) is 0 Å². The van der Waals surface area contributed by atoms with Crippen molar-refractivity contribution in [2.75, 3.05) is 114 Å². The van der Waals surface area contributed by atoms with Crippen LogP contribution in [-0.2, 0) is 11.0 Å². The second-order valence-electron chi connectivity index (χ2n) is 65.4. The summed E-state index contributed by atoms with van der Waals surface area (Å²) in [4.78, 5) is 0. The number of aromatic nitrogens is 1. The Balaban J connectivity index is 0.000000229. The van der Waals surface area contributed by atoms with Gasteiger partial charge >= 0.3 is 0 Å². The summed E-state index contributed by atoms with van der Waals surface area (Å²) in [7, 11) is 14.9. The maximum absolute atomic E-state index is 12.6. The summed E-state index contributed by atoms with van der Waals surface area (Å²) in [5.74, 6) is 11.4. The van der Waals surface area contributed by atoms with E-state index in [1.165, 1.54) is 201 Å². The van der Waals surface area contributed by atoms with Gasteiger partial charge in [-0.2, -0.15) is 0 Å². The van der Waals surface area contributed by atoms with Gasteiger partial charge in [-0.15, -0.1) is 0 Å². The summed E-state index contributed by atoms with van der Waals surface area (Å²) in [6.07, 6.45) is 31.4. The molecular weight excluding hydrogens is 1580 g/mol. The topological polar surface area (TPSA) is 26.9 Å². The van der Waals surface area contributed by atoms with Crippen molar-refractivity contribution in [1.82, 2.24) is 0 Å². The SMILES string of the molecule is CC(C)(C)C12CC[N+](C(C)(C)C)(CC1)CC2.CC(C)(C)C1C2CCC1C[N+](C)(C(C)(C)C)C2.CC(C)(C)C1CC2CCC(C1)[N+]2(C)C(C)(C)C.CC(C)(C)C1CC2CCC1CC2[N+](C)(C)C(C)(C)C.CC(C)(C)C1CC2C[N+](C)(C(C)(C)C)CC2C1.CC(C)(C)C1CC[N+](C)(C(C)(C)C)CC1.CC(C)(C)C1CC[N+]([O-])(C(C)(C)C)CC1.CC(C)(C)c1cc[n+](C(C)(C)C)cc1. The van der Waals surface area contributed by atoms with Gasteiger partial charge in [0.25, 0.3) is 0 Å². The number of likely N-dealkylation sites (tertiary alicyclic amines) is 4. The standard InChI is InChI=1S/C18H36N.3C16H32N.C15H30N.C14H30N.C13H27NO.C13H22N/c1-17(2,3)15-11-14-10-9-13(15)12-16(14)19(7,8)18(4,5)6;1-15(2,3)14-8-12-10-17(7,16(4,5)6)11-13(12)9-14;1-15(2,3)12-10-13-8-9-14(11-12)17(13,7)16(4,5)6;1-15(2,3)14-12-8-9-13(14)11-17(7,10-12)16(4,5)6;1-13(2,3)15-7-10-16(11-8-15,12-9-15)14(4,5)6;1-13(2,3)12-8-10-15(7,11-9-12)14(4,5)6;1-12(2,3)11-7-9-14(15,10-8-11)13(4,5)6;1-12(2,3)11-7-9-14(10-8-11)13(4,5)6/h13-16H,9-12H2,1-8H3;3*12-14H,8-11H2,1-7H3;7-12H2,1-6H3;12H,8-11H2,1-7H3;11H,7-10H2,1-6H3;7-10H,1-6H3/q6*+1;;+1. The molecule has 14 fully saturated rings. The molecule has 10 atom stereocenters. The van der Waals surface area contributed by atoms with Gasteiger partial charge < -0.3 is 36.8 Å². The predicted molar refractivity (Wildman–Crippen MR) is 572 cm³/mol. The molecule has 0 aromatic carbocycles. The van der Waals surface area contributed by atoms with Crippen molar-refractivity contribution in [3.63, 3.8) is 0 Å². The van der Waals surface area contributed by atoms with Crippen molar-refractivity contribution in [2.24, 2.45) is 114 Å². The Morgan fingerprint density at radius 2 is 0.662 bits per heavy atom. The second-order valence-corrected chi connectivity index (χ2v) is 65.4. The second kappa shape index (κ2) is 39.6. The molecule has 15 rings (SSSR count). The Morgan fingerprint density at radius 3 is 0.938 bits per heavy atom. The maximum Gasteiger partial charge on any atom is 0.169 e. The van der Waals surface area contributed by atoms with Crippen LogP contribution in [0, 0.1) is 120 Å². The molecule has 0 radical (unpaired) electrons. The Morgan fingerprint density at radius 1 is 0.323 bits per heavy atom. The first-order valence-corrected chi connectivity index (χ1v) is 55.2. The summed E-state index contributed by atoms with van der Waals surface area (Å²) in [6.45, 7) is 128. The van der Waals surface area contributed by atoms with Crippen LogP contribution in [-0.4, -0.2) is 203 Å². The van der Waals surface area contributed by atoms with Gasteiger partial charge in [0.15, 0.2) is 17.9 Å². The van der Waals surface area contributed by atoms with E-state index in [2.05, 4.69) is 404 Å². The number of nitrogens with zero attached hydrogens (tertiary/aromatic N) is 8. The molecule has 1 aromatic rings. The first kappa shape index (κ1) is 118. The highest BCUT2D eigenvalue weighted by Gasteiger charge is 2.62. The van der Waals surface area contributed by atoms with E-state index in [9.17, 15) is 5.21 Å². The average molecular weight is 1820 g/mol. The van der Waals surface area contributed by atoms with Crippen LogP contribution in [0.25, 0.3) is 0 Å². The monoisotopic (exact) mass is 1820 g/mol. The number of rotatable bonds is 1. The molecule has 0 amide bonds. The number of piperidine rings is 7. The number of hydroxylamine groups is 3. The zero-order valence-electron chi connectivity index (χ0n) is 99.2. The third kappa shape index (κ3) is 27.4. The summed E-state index contributed by atoms with van der Waals surface area (Å²) in [5, 5.41) is 12.6. The lowest BCUT2D eigenvalue weighted by atomic mass is 9.55. The lowest BCUT2D eigenvalue weighted by molar-refractivity contribution is -0.990. The molecule has 0 spiro atoms. The van der Waals surface area contributed by atoms with Crippen LogP contribution in [0.15, 0.2) is 24.5 Å². The van der Waals surface area contributed by atoms with Gasteiger partial charge in [0, 0.05) is 140 Å². The highest BCUT2D eigenvalue weighted by atomic mass is 16.6. The van der Waals surface area contributed by atoms with Crippen molar-refractivity contribution in [2.45, 2.75) is 522 Å². The quantitative estimate of drug-likeness (QED) is 0.156. The Kier molecular flexibility index (Phi) is 35.8. The molecule has 130 heavy (non-hydrogen) atoms. The fourth-order valence-corrected chi connectivity index (χ4v) is 28.6. The summed E-state index contributed by atoms with van der Waals surface area (Å²) < 4.78 is 9.98. The molecule has 9 nitrogen and oxygen atoms in total. The molecule has 1 aromatic heterocycles. The summed E-state index contributed by atoms with van der Waals surface area (Å²) in [6, 6.07) is 7.14. The normalized spacial score (nSPS) is 36.4. The Labute approximate surface area is 817 Å². The lowest BCUT2D eigenvalue weighted by Crippen LogP contribution is -2.70. The summed E-state index contributed by atoms with van der Waals surface area (Å²) in [5.41, 5.74) is 8.18. The third-order valence-corrected chi connectivity index (χ3v) is 42.2. The Bertz CT molecular complexity index is 3460. The van der Waals surface area contributed by atoms with E-state index in [4.69, 9.17) is 0 Å². The minimum absolute atomic E-state index is 0.000417. The number of quaternary nitrogens is 7. The fourth-order valence-electron chi connectivity index (χ4n) is 28.6. The van der Waals surface area contributed by atoms with Gasteiger partial charge in [-0.25, -0.2) is 4.57 Å². The number of fused-ring (bicyclic) bond motifs is 11. The van der Waals surface area contributed by atoms with Crippen molar-refractivity contribution < 1.29 is 36.1 Å². The summed E-state index contributed by atoms with van der Waals surface area (Å²) >= 11 is 0. The number of pyridine rings is 1. The van der Waals surface area contributed by atoms with Crippen LogP contribution < -0.4 is 4.57 Å². The Hall–Kier alpha value is -1.17. The van der Waals surface area contributed by atoms with Crippen molar-refractivity contribution in [3.8, 4) is 0 Å². The molecular formula is C121H241N8O+7. The zero-order valence-corrected chi connectivity index (χ0v) is 99.2. The highest BCUT2D eigenvalue weighted by Crippen LogP contribution is 2.60. The van der Waals surface area contributed by atoms with Gasteiger partial charge in [0.1, 0.15) is 0 Å². The van der Waals surface area contributed by atoms with Crippen molar-refractivity contribution >= 4 is 0 Å². The molecule has 9 heteroatoms. The van der Waals surface area contributed by atoms with Gasteiger partial charge in [0.05, 0.1) is 171 Å². The predicted octanol–water partition coefficient (Wildman–Crippen LogP) is 30.9. The van der Waals surface area contributed by atoms with Crippen LogP contribution in [0.2, 0.25) is 0 Å². The smallest absolute Gasteiger partial charge is 0.169 e. The first-order chi connectivity index (χ1) is 57.5. The van der Waals surface area contributed by atoms with E-state index < -0.39 is 0 Å². The molecule has 5 aliphatic carbocycles. The average Bonchev–Trinajstić information content (AvgIpc) is 1.27. The van der Waals surface area contributed by atoms with Crippen LogP contribution in [0.3, 0.4) is 0 Å². The van der Waals surface area contributed by atoms with Gasteiger partial charge in [-0.3, -0.25) is 0 Å². The molecule has 10 unspecified atom stereocenters. The largest absolute Gasteiger partial charge is 0.632 e. The van der Waals surface area contributed by atoms with E-state index in [0.717, 1.165) is 115 Å². The molecule has 10 heterocycles. The molecule has 0 N–H and O–H groups in total. The number of hydrogen-bond acceptors (Lipinski definition) is 1. The number of hydrogen-bond donors (Lipinski definition) is 0. The fraction of sp³-hybridized carbons (Fsp3) is 0.959. The van der Waals surface area contributed by atoms with E-state index in [1.807, 2.05) is 0 Å². The zero-order chi connectivity index (χ0) is 101. The van der Waals surface area contributed by atoms with Crippen molar-refractivity contribution in [3.05, 3.63) is 35.3 Å². The minimum Gasteiger partial charge on any atom is -0.632 e. The molecule has 8 bridgehead atoms. The maximum atomic E-state index is 12.6. The van der Waals surface area contributed by atoms with Crippen LogP contribution >= 0.6 is 0 Å². The van der Waals surface area contributed by atoms with Crippen molar-refractivity contribution in [1.29, 1.82) is 0 Å². The van der Waals surface area contributed by atoms with E-state index >= 15 is 0 Å². The molecule has 9 aliphatic heterocycles. The molecule has 5 saturated carbocycles. The minimum atomic E-state index is -0.150. The highest BCUT2D eigenvalue weighted by molar-refractivity contribution is 5.17. The first-order valence-electron chi connectivity index (χ1n) is 55.2. The molecule has 14 aliphatic rings. The van der Waals surface area contributed by atoms with Crippen LogP contribution in [0.1, 0.15) is 460 Å². The van der Waals surface area contributed by atoms with Gasteiger partial charge in [-0.05, 0) is 286 Å². The third-order valence-electron chi connectivity index (χ3n) is 42.2. The van der Waals surface area contributed by atoms with E-state index in [0.29, 0.717) is 76.6 Å².